The summed E-state index contributed by atoms with van der Waals surface area (Å²) >= 11 is 0. The molecule has 0 aromatic carbocycles. The molecular formula is C19H32N4O2. The van der Waals surface area contributed by atoms with Crippen molar-refractivity contribution in [1.82, 2.24) is 14.9 Å². The third kappa shape index (κ3) is 4.01. The Balaban J connectivity index is 2.36. The van der Waals surface area contributed by atoms with Crippen molar-refractivity contribution >= 4 is 5.97 Å². The average molecular weight is 348 g/mol. The number of hydrogen-bond acceptors (Lipinski definition) is 6. The van der Waals surface area contributed by atoms with Crippen molar-refractivity contribution in [1.29, 1.82) is 0 Å². The number of methoxy groups -OCH3 is 1. The number of hydrogen-bond donors (Lipinski definition) is 1. The molecule has 1 saturated heterocycles. The zero-order valence-corrected chi connectivity index (χ0v) is 16.4. The Morgan fingerprint density at radius 1 is 1.32 bits per heavy atom. The third-order valence-electron chi connectivity index (χ3n) is 5.41. The molecule has 1 aromatic heterocycles. The minimum absolute atomic E-state index is 0.167. The van der Waals surface area contributed by atoms with Gasteiger partial charge in [0.15, 0.2) is 0 Å². The molecule has 1 aromatic rings. The number of aryl methyl sites for hydroxylation is 1. The Labute approximate surface area is 151 Å². The fourth-order valence-corrected chi connectivity index (χ4v) is 3.58. The predicted octanol–water partition coefficient (Wildman–Crippen LogP) is 2.15. The second kappa shape index (κ2) is 7.38. The third-order valence-corrected chi connectivity index (χ3v) is 5.41. The van der Waals surface area contributed by atoms with Gasteiger partial charge in [0.25, 0.3) is 0 Å². The minimum Gasteiger partial charge on any atom is -0.468 e. The number of aromatic nitrogens is 2. The first-order chi connectivity index (χ1) is 11.6. The zero-order valence-electron chi connectivity index (χ0n) is 16.4. The predicted molar refractivity (Wildman–Crippen MR) is 98.5 cm³/mol. The molecule has 2 heterocycles. The van der Waals surface area contributed by atoms with Gasteiger partial charge in [-0.1, -0.05) is 0 Å². The van der Waals surface area contributed by atoms with Crippen LogP contribution in [0.3, 0.4) is 0 Å². The van der Waals surface area contributed by atoms with Crippen LogP contribution in [0.25, 0.3) is 0 Å². The van der Waals surface area contributed by atoms with E-state index in [0.29, 0.717) is 5.92 Å². The van der Waals surface area contributed by atoms with Gasteiger partial charge in [-0.05, 0) is 60.5 Å². The fourth-order valence-electron chi connectivity index (χ4n) is 3.58. The van der Waals surface area contributed by atoms with Crippen LogP contribution in [0.2, 0.25) is 0 Å². The molecule has 1 unspecified atom stereocenters. The number of carbonyl (C=O) groups is 1. The van der Waals surface area contributed by atoms with Crippen molar-refractivity contribution in [3.8, 4) is 0 Å². The number of ether oxygens (including phenoxy) is 1. The van der Waals surface area contributed by atoms with E-state index >= 15 is 0 Å². The number of piperidine rings is 1. The molecule has 0 spiro atoms. The summed E-state index contributed by atoms with van der Waals surface area (Å²) in [5.74, 6) is 0.697. The molecule has 25 heavy (non-hydrogen) atoms. The van der Waals surface area contributed by atoms with E-state index in [4.69, 9.17) is 15.5 Å². The van der Waals surface area contributed by atoms with E-state index in [0.717, 1.165) is 43.0 Å². The summed E-state index contributed by atoms with van der Waals surface area (Å²) in [7, 11) is 1.40. The summed E-state index contributed by atoms with van der Waals surface area (Å²) < 4.78 is 5.01. The lowest BCUT2D eigenvalue weighted by Gasteiger charge is -2.41. The molecule has 0 saturated carbocycles. The largest absolute Gasteiger partial charge is 0.468 e. The van der Waals surface area contributed by atoms with Gasteiger partial charge in [0.2, 0.25) is 0 Å². The first-order valence-electron chi connectivity index (χ1n) is 9.01. The van der Waals surface area contributed by atoms with Crippen molar-refractivity contribution in [2.45, 2.75) is 64.3 Å². The maximum atomic E-state index is 12.4. The molecule has 0 bridgehead atoms. The summed E-state index contributed by atoms with van der Waals surface area (Å²) in [6.45, 7) is 12.7. The summed E-state index contributed by atoms with van der Waals surface area (Å²) in [4.78, 5) is 24.0. The van der Waals surface area contributed by atoms with Crippen molar-refractivity contribution in [3.63, 3.8) is 0 Å². The normalized spacial score (nSPS) is 19.5. The topological polar surface area (TPSA) is 81.3 Å². The van der Waals surface area contributed by atoms with Crippen LogP contribution < -0.4 is 5.73 Å². The van der Waals surface area contributed by atoms with Gasteiger partial charge in [-0.15, -0.1) is 0 Å². The maximum Gasteiger partial charge on any atom is 0.317 e. The molecular weight excluding hydrogens is 316 g/mol. The Kier molecular flexibility index (Phi) is 5.84. The average Bonchev–Trinajstić information content (AvgIpc) is 2.59. The smallest absolute Gasteiger partial charge is 0.317 e. The molecule has 6 heteroatoms. The SMILES string of the molecule is COC(=O)C(C)(CN)c1cnc(C)nc1C1CCN(C(C)(C)C)CC1. The molecule has 6 nitrogen and oxygen atoms in total. The summed E-state index contributed by atoms with van der Waals surface area (Å²) in [6, 6.07) is 0. The van der Waals surface area contributed by atoms with E-state index in [9.17, 15) is 4.79 Å². The van der Waals surface area contributed by atoms with Gasteiger partial charge in [0.05, 0.1) is 12.8 Å². The van der Waals surface area contributed by atoms with Crippen LogP contribution in [0.1, 0.15) is 63.5 Å². The van der Waals surface area contributed by atoms with Gasteiger partial charge in [-0.2, -0.15) is 0 Å². The maximum absolute atomic E-state index is 12.4. The summed E-state index contributed by atoms with van der Waals surface area (Å²) in [5.41, 5.74) is 6.99. The van der Waals surface area contributed by atoms with E-state index < -0.39 is 5.41 Å². The molecule has 1 fully saturated rings. The van der Waals surface area contributed by atoms with Crippen LogP contribution in [0.4, 0.5) is 0 Å². The van der Waals surface area contributed by atoms with Gasteiger partial charge < -0.3 is 10.5 Å². The van der Waals surface area contributed by atoms with Crippen molar-refractivity contribution < 1.29 is 9.53 Å². The molecule has 1 aliphatic rings. The molecule has 1 atom stereocenters. The van der Waals surface area contributed by atoms with E-state index in [1.165, 1.54) is 7.11 Å². The van der Waals surface area contributed by atoms with Gasteiger partial charge in [0.1, 0.15) is 11.2 Å². The number of esters is 1. The highest BCUT2D eigenvalue weighted by Crippen LogP contribution is 2.36. The Morgan fingerprint density at radius 2 is 1.92 bits per heavy atom. The number of nitrogens with zero attached hydrogens (tertiary/aromatic N) is 3. The quantitative estimate of drug-likeness (QED) is 0.840. The first kappa shape index (κ1) is 19.8. The van der Waals surface area contributed by atoms with Crippen LogP contribution in [0, 0.1) is 6.92 Å². The number of nitrogens with two attached hydrogens (primary N) is 1. The van der Waals surface area contributed by atoms with Crippen molar-refractivity contribution in [2.24, 2.45) is 5.73 Å². The van der Waals surface area contributed by atoms with Crippen LogP contribution >= 0.6 is 0 Å². The van der Waals surface area contributed by atoms with Crippen molar-refractivity contribution in [3.05, 3.63) is 23.3 Å². The molecule has 0 aliphatic carbocycles. The standard InChI is InChI=1S/C19H32N4O2/c1-13-21-11-15(19(5,12-20)17(24)25-6)16(22-13)14-7-9-23(10-8-14)18(2,3)4/h11,14H,7-10,12,20H2,1-6H3. The minimum atomic E-state index is -0.918. The van der Waals surface area contributed by atoms with Crippen LogP contribution in [-0.4, -0.2) is 53.1 Å². The first-order valence-corrected chi connectivity index (χ1v) is 9.01. The highest BCUT2D eigenvalue weighted by atomic mass is 16.5. The summed E-state index contributed by atoms with van der Waals surface area (Å²) in [6.07, 6.45) is 3.79. The fraction of sp³-hybridized carbons (Fsp3) is 0.737. The monoisotopic (exact) mass is 348 g/mol. The number of carbonyl (C=O) groups excluding carboxylic acids is 1. The molecule has 140 valence electrons. The van der Waals surface area contributed by atoms with Crippen LogP contribution in [-0.2, 0) is 14.9 Å². The van der Waals surface area contributed by atoms with Gasteiger partial charge in [0, 0.05) is 29.8 Å². The van der Waals surface area contributed by atoms with Gasteiger partial charge in [-0.25, -0.2) is 9.97 Å². The lowest BCUT2D eigenvalue weighted by atomic mass is 9.78. The van der Waals surface area contributed by atoms with Crippen molar-refractivity contribution in [2.75, 3.05) is 26.7 Å². The Morgan fingerprint density at radius 3 is 2.40 bits per heavy atom. The number of likely N-dealkylation sites (tertiary alicyclic amines) is 1. The number of rotatable bonds is 4. The Bertz CT molecular complexity index is 618. The lowest BCUT2D eigenvalue weighted by molar-refractivity contribution is -0.146. The molecule has 1 aliphatic heterocycles. The van der Waals surface area contributed by atoms with Crippen LogP contribution in [0.15, 0.2) is 6.20 Å². The molecule has 2 rings (SSSR count). The Hall–Kier alpha value is -1.53. The second-order valence-electron chi connectivity index (χ2n) is 8.18. The zero-order chi connectivity index (χ0) is 18.8. The van der Waals surface area contributed by atoms with E-state index in [1.807, 2.05) is 13.8 Å². The highest BCUT2D eigenvalue weighted by molar-refractivity contribution is 5.83. The molecule has 0 radical (unpaired) electrons. The van der Waals surface area contributed by atoms with Gasteiger partial charge in [-0.3, -0.25) is 9.69 Å². The molecule has 2 N–H and O–H groups in total. The van der Waals surface area contributed by atoms with E-state index in [-0.39, 0.29) is 18.1 Å². The second-order valence-corrected chi connectivity index (χ2v) is 8.18. The van der Waals surface area contributed by atoms with Gasteiger partial charge >= 0.3 is 5.97 Å². The van der Waals surface area contributed by atoms with E-state index in [1.54, 1.807) is 6.20 Å². The lowest BCUT2D eigenvalue weighted by Crippen LogP contribution is -2.46. The van der Waals surface area contributed by atoms with Crippen LogP contribution in [0.5, 0.6) is 0 Å². The molecule has 0 amide bonds. The van der Waals surface area contributed by atoms with E-state index in [2.05, 4.69) is 30.7 Å². The summed E-state index contributed by atoms with van der Waals surface area (Å²) in [5, 5.41) is 0. The highest BCUT2D eigenvalue weighted by Gasteiger charge is 2.40.